The standard InChI is InChI=1S/C27H29FN4O2/c1-27(2,20-9-11-21(28)12-10-20)26(34)32-17-3-4-23(32)24(29)18-5-7-19(8-6-18)25(33)31-22-13-15-30-16-14-22/h5-16,23-24H,3-4,17,29H2,1-2H3,(H,30,31,33)/t23?,24-/m0/s1. The molecule has 2 aromatic carbocycles. The van der Waals surface area contributed by atoms with Crippen LogP contribution >= 0.6 is 0 Å². The van der Waals surface area contributed by atoms with E-state index >= 15 is 0 Å². The molecule has 1 fully saturated rings. The van der Waals surface area contributed by atoms with Gasteiger partial charge in [0.2, 0.25) is 5.91 Å². The fraction of sp³-hybridized carbons (Fsp3) is 0.296. The smallest absolute Gasteiger partial charge is 0.255 e. The van der Waals surface area contributed by atoms with Crippen molar-refractivity contribution in [2.24, 2.45) is 5.73 Å². The van der Waals surface area contributed by atoms with Crippen LogP contribution in [0.3, 0.4) is 0 Å². The van der Waals surface area contributed by atoms with E-state index in [-0.39, 0.29) is 29.7 Å². The fourth-order valence-electron chi connectivity index (χ4n) is 4.48. The number of carbonyl (C=O) groups is 2. The fourth-order valence-corrected chi connectivity index (χ4v) is 4.48. The van der Waals surface area contributed by atoms with E-state index in [0.717, 1.165) is 24.0 Å². The van der Waals surface area contributed by atoms with Gasteiger partial charge in [0, 0.05) is 30.2 Å². The lowest BCUT2D eigenvalue weighted by Crippen LogP contribution is -2.49. The van der Waals surface area contributed by atoms with Crippen LogP contribution in [0.15, 0.2) is 73.1 Å². The number of amides is 2. The summed E-state index contributed by atoms with van der Waals surface area (Å²) in [7, 11) is 0. The summed E-state index contributed by atoms with van der Waals surface area (Å²) in [6.07, 6.45) is 4.90. The van der Waals surface area contributed by atoms with Gasteiger partial charge in [-0.2, -0.15) is 0 Å². The molecule has 1 aromatic heterocycles. The minimum absolute atomic E-state index is 0.0228. The lowest BCUT2D eigenvalue weighted by molar-refractivity contribution is -0.137. The Morgan fingerprint density at radius 1 is 1.06 bits per heavy atom. The molecule has 0 bridgehead atoms. The van der Waals surface area contributed by atoms with Crippen LogP contribution < -0.4 is 11.1 Å². The highest BCUT2D eigenvalue weighted by Gasteiger charge is 2.41. The summed E-state index contributed by atoms with van der Waals surface area (Å²) in [6, 6.07) is 16.2. The number of benzene rings is 2. The average Bonchev–Trinajstić information content (AvgIpc) is 3.34. The molecular formula is C27H29FN4O2. The first kappa shape index (κ1) is 23.6. The zero-order valence-corrected chi connectivity index (χ0v) is 19.4. The number of pyridine rings is 1. The number of halogens is 1. The predicted molar refractivity (Wildman–Crippen MR) is 130 cm³/mol. The van der Waals surface area contributed by atoms with Crippen LogP contribution in [0.25, 0.3) is 0 Å². The number of nitrogens with one attached hydrogen (secondary N) is 1. The minimum atomic E-state index is -0.801. The SMILES string of the molecule is CC(C)(C(=O)N1CCCC1[C@@H](N)c1ccc(C(=O)Nc2ccncc2)cc1)c1ccc(F)cc1. The number of nitrogens with two attached hydrogens (primary N) is 1. The first-order valence-electron chi connectivity index (χ1n) is 11.4. The number of hydrogen-bond acceptors (Lipinski definition) is 4. The van der Waals surface area contributed by atoms with Gasteiger partial charge in [-0.15, -0.1) is 0 Å². The number of anilines is 1. The van der Waals surface area contributed by atoms with Crippen LogP contribution in [0.1, 0.15) is 54.2 Å². The maximum Gasteiger partial charge on any atom is 0.255 e. The van der Waals surface area contributed by atoms with Crippen molar-refractivity contribution in [1.82, 2.24) is 9.88 Å². The van der Waals surface area contributed by atoms with Crippen molar-refractivity contribution >= 4 is 17.5 Å². The molecule has 6 nitrogen and oxygen atoms in total. The lowest BCUT2D eigenvalue weighted by atomic mass is 9.82. The Bertz CT molecular complexity index is 1150. The first-order valence-corrected chi connectivity index (χ1v) is 11.4. The average molecular weight is 461 g/mol. The number of carbonyl (C=O) groups excluding carboxylic acids is 2. The molecule has 0 aliphatic carbocycles. The van der Waals surface area contributed by atoms with Crippen molar-refractivity contribution < 1.29 is 14.0 Å². The highest BCUT2D eigenvalue weighted by molar-refractivity contribution is 6.04. The Hall–Kier alpha value is -3.58. The molecule has 2 atom stereocenters. The molecule has 3 aromatic rings. The molecule has 1 aliphatic rings. The van der Waals surface area contributed by atoms with Crippen LogP contribution in [0.5, 0.6) is 0 Å². The second-order valence-corrected chi connectivity index (χ2v) is 9.18. The summed E-state index contributed by atoms with van der Waals surface area (Å²) < 4.78 is 13.4. The normalized spacial score (nSPS) is 16.8. The number of hydrogen-bond donors (Lipinski definition) is 2. The maximum atomic E-state index is 13.5. The van der Waals surface area contributed by atoms with E-state index in [9.17, 15) is 14.0 Å². The van der Waals surface area contributed by atoms with Crippen LogP contribution in [0.4, 0.5) is 10.1 Å². The van der Waals surface area contributed by atoms with Crippen molar-refractivity contribution in [2.75, 3.05) is 11.9 Å². The van der Waals surface area contributed by atoms with Crippen LogP contribution in [0.2, 0.25) is 0 Å². The molecule has 2 heterocycles. The van der Waals surface area contributed by atoms with E-state index in [4.69, 9.17) is 5.73 Å². The highest BCUT2D eigenvalue weighted by Crippen LogP contribution is 2.34. The van der Waals surface area contributed by atoms with E-state index in [1.807, 2.05) is 30.9 Å². The lowest BCUT2D eigenvalue weighted by Gasteiger charge is -2.36. The molecular weight excluding hydrogens is 431 g/mol. The Morgan fingerprint density at radius 3 is 2.35 bits per heavy atom. The summed E-state index contributed by atoms with van der Waals surface area (Å²) in [4.78, 5) is 31.9. The third-order valence-electron chi connectivity index (χ3n) is 6.57. The zero-order chi connectivity index (χ0) is 24.3. The molecule has 1 unspecified atom stereocenters. The molecule has 0 radical (unpaired) electrons. The Labute approximate surface area is 199 Å². The van der Waals surface area contributed by atoms with Crippen molar-refractivity contribution in [3.05, 3.63) is 95.6 Å². The second kappa shape index (κ2) is 9.73. The molecule has 3 N–H and O–H groups in total. The van der Waals surface area contributed by atoms with Crippen molar-refractivity contribution in [3.8, 4) is 0 Å². The van der Waals surface area contributed by atoms with E-state index < -0.39 is 5.41 Å². The summed E-state index contributed by atoms with van der Waals surface area (Å²) in [6.45, 7) is 4.35. The molecule has 34 heavy (non-hydrogen) atoms. The maximum absolute atomic E-state index is 13.5. The number of nitrogens with zero attached hydrogens (tertiary/aromatic N) is 2. The van der Waals surface area contributed by atoms with Gasteiger partial charge in [0.1, 0.15) is 5.82 Å². The van der Waals surface area contributed by atoms with Crippen molar-refractivity contribution in [3.63, 3.8) is 0 Å². The van der Waals surface area contributed by atoms with Crippen LogP contribution in [-0.2, 0) is 10.2 Å². The van der Waals surface area contributed by atoms with Gasteiger partial charge in [-0.3, -0.25) is 14.6 Å². The Kier molecular flexibility index (Phi) is 6.75. The van der Waals surface area contributed by atoms with Gasteiger partial charge in [-0.05, 0) is 74.2 Å². The van der Waals surface area contributed by atoms with E-state index in [0.29, 0.717) is 17.8 Å². The molecule has 176 valence electrons. The third-order valence-corrected chi connectivity index (χ3v) is 6.57. The van der Waals surface area contributed by atoms with Crippen molar-refractivity contribution in [1.29, 1.82) is 0 Å². The van der Waals surface area contributed by atoms with Gasteiger partial charge in [0.15, 0.2) is 0 Å². The summed E-state index contributed by atoms with van der Waals surface area (Å²) in [5, 5.41) is 2.83. The van der Waals surface area contributed by atoms with Gasteiger partial charge in [0.05, 0.1) is 17.5 Å². The quantitative estimate of drug-likeness (QED) is 0.569. The van der Waals surface area contributed by atoms with Gasteiger partial charge in [0.25, 0.3) is 5.91 Å². The van der Waals surface area contributed by atoms with Gasteiger partial charge < -0.3 is 16.0 Å². The molecule has 7 heteroatoms. The monoisotopic (exact) mass is 460 g/mol. The van der Waals surface area contributed by atoms with Crippen LogP contribution in [-0.4, -0.2) is 34.3 Å². The second-order valence-electron chi connectivity index (χ2n) is 9.18. The molecule has 0 spiro atoms. The molecule has 4 rings (SSSR count). The van der Waals surface area contributed by atoms with E-state index in [2.05, 4.69) is 10.3 Å². The summed E-state index contributed by atoms with van der Waals surface area (Å²) in [5.74, 6) is -0.568. The summed E-state index contributed by atoms with van der Waals surface area (Å²) in [5.41, 5.74) is 8.65. The van der Waals surface area contributed by atoms with E-state index in [1.54, 1.807) is 48.8 Å². The van der Waals surface area contributed by atoms with Crippen molar-refractivity contribution in [2.45, 2.75) is 44.2 Å². The third kappa shape index (κ3) is 4.84. The first-order chi connectivity index (χ1) is 16.3. The Balaban J connectivity index is 1.47. The molecule has 0 saturated carbocycles. The summed E-state index contributed by atoms with van der Waals surface area (Å²) >= 11 is 0. The van der Waals surface area contributed by atoms with E-state index in [1.165, 1.54) is 12.1 Å². The Morgan fingerprint density at radius 2 is 1.71 bits per heavy atom. The highest BCUT2D eigenvalue weighted by atomic mass is 19.1. The topological polar surface area (TPSA) is 88.3 Å². The largest absolute Gasteiger partial charge is 0.337 e. The van der Waals surface area contributed by atoms with Gasteiger partial charge in [-0.25, -0.2) is 4.39 Å². The zero-order valence-electron chi connectivity index (χ0n) is 19.4. The molecule has 1 saturated heterocycles. The molecule has 1 aliphatic heterocycles. The predicted octanol–water partition coefficient (Wildman–Crippen LogP) is 4.44. The number of likely N-dealkylation sites (tertiary alicyclic amines) is 1. The number of aromatic nitrogens is 1. The van der Waals surface area contributed by atoms with Gasteiger partial charge in [-0.1, -0.05) is 24.3 Å². The molecule has 2 amide bonds. The van der Waals surface area contributed by atoms with Crippen LogP contribution in [0, 0.1) is 5.82 Å². The van der Waals surface area contributed by atoms with Gasteiger partial charge >= 0.3 is 0 Å². The minimum Gasteiger partial charge on any atom is -0.337 e. The number of rotatable bonds is 6.